The van der Waals surface area contributed by atoms with E-state index in [2.05, 4.69) is 10.3 Å². The molecule has 0 spiro atoms. The molecule has 0 bridgehead atoms. The molecule has 138 valence electrons. The van der Waals surface area contributed by atoms with Crippen LogP contribution in [0.5, 0.6) is 0 Å². The van der Waals surface area contributed by atoms with Crippen LogP contribution in [0, 0.1) is 5.82 Å². The standard InChI is InChI=1S/C16H22FN3O4S/c1-15(2,3)24-14(21)19-13-8-25(22,23)9-16(4,20-13)11-7-10(18)5-6-12(11)17/h5-7H,8-9,18H2,1-4H3,(H,19,20,21)/t16-/m0/s1. The van der Waals surface area contributed by atoms with E-state index < -0.39 is 38.6 Å². The molecule has 1 atom stereocenters. The summed E-state index contributed by atoms with van der Waals surface area (Å²) in [4.78, 5) is 16.2. The zero-order valence-electron chi connectivity index (χ0n) is 14.6. The zero-order valence-corrected chi connectivity index (χ0v) is 15.4. The summed E-state index contributed by atoms with van der Waals surface area (Å²) in [6, 6.07) is 3.89. The molecule has 0 saturated carbocycles. The van der Waals surface area contributed by atoms with E-state index in [1.807, 2.05) is 0 Å². The maximum absolute atomic E-state index is 14.2. The van der Waals surface area contributed by atoms with E-state index in [1.54, 1.807) is 20.8 Å². The van der Waals surface area contributed by atoms with Gasteiger partial charge < -0.3 is 10.5 Å². The summed E-state index contributed by atoms with van der Waals surface area (Å²) in [5, 5.41) is 2.35. The van der Waals surface area contributed by atoms with E-state index >= 15 is 0 Å². The molecular weight excluding hydrogens is 349 g/mol. The number of carbonyl (C=O) groups excluding carboxylic acids is 1. The Morgan fingerprint density at radius 1 is 1.40 bits per heavy atom. The van der Waals surface area contributed by atoms with Crippen LogP contribution in [0.25, 0.3) is 0 Å². The summed E-state index contributed by atoms with van der Waals surface area (Å²) in [5.41, 5.74) is 3.88. The second-order valence-corrected chi connectivity index (χ2v) is 9.30. The fraction of sp³-hybridized carbons (Fsp3) is 0.500. The van der Waals surface area contributed by atoms with Gasteiger partial charge in [-0.05, 0) is 45.9 Å². The molecule has 25 heavy (non-hydrogen) atoms. The quantitative estimate of drug-likeness (QED) is 0.733. The third-order valence-electron chi connectivity index (χ3n) is 3.46. The maximum atomic E-state index is 14.2. The number of amides is 1. The van der Waals surface area contributed by atoms with Gasteiger partial charge in [-0.25, -0.2) is 17.6 Å². The van der Waals surface area contributed by atoms with Gasteiger partial charge in [-0.3, -0.25) is 10.3 Å². The fourth-order valence-corrected chi connectivity index (χ4v) is 4.36. The highest BCUT2D eigenvalue weighted by Gasteiger charge is 2.40. The summed E-state index contributed by atoms with van der Waals surface area (Å²) in [7, 11) is -3.62. The first-order valence-electron chi connectivity index (χ1n) is 7.64. The SMILES string of the molecule is CC(C)(C)OC(=O)NC1=N[C@](C)(c2cc(N)ccc2F)CS(=O)(=O)C1. The average Bonchev–Trinajstić information content (AvgIpc) is 2.36. The molecule has 0 fully saturated rings. The smallest absolute Gasteiger partial charge is 0.413 e. The lowest BCUT2D eigenvalue weighted by Crippen LogP contribution is -2.47. The van der Waals surface area contributed by atoms with Crippen molar-refractivity contribution in [2.24, 2.45) is 4.99 Å². The number of rotatable bonds is 1. The summed E-state index contributed by atoms with van der Waals surface area (Å²) in [6.45, 7) is 6.52. The lowest BCUT2D eigenvalue weighted by atomic mass is 9.93. The molecule has 0 unspecified atom stereocenters. The molecule has 0 saturated heterocycles. The van der Waals surface area contributed by atoms with E-state index in [-0.39, 0.29) is 22.8 Å². The Bertz CT molecular complexity index is 830. The number of nitrogens with one attached hydrogen (secondary N) is 1. The van der Waals surface area contributed by atoms with Gasteiger partial charge in [0.05, 0.1) is 5.75 Å². The van der Waals surface area contributed by atoms with Gasteiger partial charge in [-0.15, -0.1) is 0 Å². The first-order valence-corrected chi connectivity index (χ1v) is 9.46. The topological polar surface area (TPSA) is 111 Å². The minimum atomic E-state index is -3.62. The van der Waals surface area contributed by atoms with Gasteiger partial charge in [0.1, 0.15) is 28.5 Å². The molecule has 7 nitrogen and oxygen atoms in total. The van der Waals surface area contributed by atoms with Crippen LogP contribution in [-0.4, -0.2) is 37.5 Å². The van der Waals surface area contributed by atoms with Crippen LogP contribution in [0.2, 0.25) is 0 Å². The Kier molecular flexibility index (Phi) is 4.82. The van der Waals surface area contributed by atoms with Gasteiger partial charge in [0.15, 0.2) is 9.84 Å². The number of carbonyl (C=O) groups is 1. The van der Waals surface area contributed by atoms with Crippen LogP contribution in [0.1, 0.15) is 33.3 Å². The number of benzene rings is 1. The summed E-state index contributed by atoms with van der Waals surface area (Å²) in [5.74, 6) is -1.55. The molecule has 1 heterocycles. The van der Waals surface area contributed by atoms with E-state index in [0.717, 1.165) is 6.07 Å². The second kappa shape index (κ2) is 6.29. The van der Waals surface area contributed by atoms with Crippen molar-refractivity contribution in [1.82, 2.24) is 5.32 Å². The number of sulfone groups is 1. The van der Waals surface area contributed by atoms with Crippen LogP contribution in [-0.2, 0) is 20.1 Å². The number of nitrogen functional groups attached to an aromatic ring is 1. The molecule has 0 aliphatic carbocycles. The molecule has 1 aromatic carbocycles. The van der Waals surface area contributed by atoms with Crippen molar-refractivity contribution in [3.63, 3.8) is 0 Å². The van der Waals surface area contributed by atoms with Crippen molar-refractivity contribution in [3.8, 4) is 0 Å². The predicted molar refractivity (Wildman–Crippen MR) is 93.6 cm³/mol. The number of alkyl carbamates (subject to hydrolysis) is 1. The van der Waals surface area contributed by atoms with E-state index in [4.69, 9.17) is 10.5 Å². The Morgan fingerprint density at radius 3 is 2.64 bits per heavy atom. The molecule has 1 amide bonds. The van der Waals surface area contributed by atoms with Gasteiger partial charge in [0.25, 0.3) is 0 Å². The Morgan fingerprint density at radius 2 is 2.04 bits per heavy atom. The highest BCUT2D eigenvalue weighted by atomic mass is 32.2. The minimum absolute atomic E-state index is 0.0549. The molecule has 2 rings (SSSR count). The molecule has 3 N–H and O–H groups in total. The molecule has 0 radical (unpaired) electrons. The normalized spacial score (nSPS) is 22.8. The third-order valence-corrected chi connectivity index (χ3v) is 5.17. The number of hydrogen-bond acceptors (Lipinski definition) is 6. The molecule has 1 aliphatic rings. The summed E-state index contributed by atoms with van der Waals surface area (Å²) >= 11 is 0. The number of anilines is 1. The second-order valence-electron chi connectivity index (χ2n) is 7.23. The van der Waals surface area contributed by atoms with Gasteiger partial charge in [0.2, 0.25) is 0 Å². The molecule has 9 heteroatoms. The summed E-state index contributed by atoms with van der Waals surface area (Å²) in [6.07, 6.45) is -0.821. The van der Waals surface area contributed by atoms with Gasteiger partial charge in [-0.1, -0.05) is 0 Å². The van der Waals surface area contributed by atoms with Crippen LogP contribution in [0.4, 0.5) is 14.9 Å². The Balaban J connectivity index is 2.41. The minimum Gasteiger partial charge on any atom is -0.444 e. The van der Waals surface area contributed by atoms with E-state index in [0.29, 0.717) is 0 Å². The first-order chi connectivity index (χ1) is 11.3. The fourth-order valence-electron chi connectivity index (χ4n) is 2.63. The average molecular weight is 371 g/mol. The first kappa shape index (κ1) is 19.2. The van der Waals surface area contributed by atoms with Crippen molar-refractivity contribution in [2.75, 3.05) is 17.2 Å². The number of nitrogens with zero attached hydrogens (tertiary/aromatic N) is 1. The van der Waals surface area contributed by atoms with Crippen LogP contribution in [0.15, 0.2) is 23.2 Å². The van der Waals surface area contributed by atoms with Crippen LogP contribution >= 0.6 is 0 Å². The van der Waals surface area contributed by atoms with Crippen molar-refractivity contribution >= 4 is 27.5 Å². The highest BCUT2D eigenvalue weighted by Crippen LogP contribution is 2.33. The molecule has 1 aliphatic heterocycles. The lowest BCUT2D eigenvalue weighted by Gasteiger charge is -2.31. The van der Waals surface area contributed by atoms with Gasteiger partial charge in [-0.2, -0.15) is 0 Å². The predicted octanol–water partition coefficient (Wildman–Crippen LogP) is 1.97. The highest BCUT2D eigenvalue weighted by molar-refractivity contribution is 7.92. The van der Waals surface area contributed by atoms with Crippen molar-refractivity contribution in [1.29, 1.82) is 0 Å². The number of amidine groups is 1. The third kappa shape index (κ3) is 4.91. The molecular formula is C16H22FN3O4S. The van der Waals surface area contributed by atoms with Crippen molar-refractivity contribution < 1.29 is 22.3 Å². The number of hydrogen-bond donors (Lipinski definition) is 2. The monoisotopic (exact) mass is 371 g/mol. The van der Waals surface area contributed by atoms with Crippen LogP contribution < -0.4 is 11.1 Å². The Labute approximate surface area is 146 Å². The maximum Gasteiger partial charge on any atom is 0.413 e. The van der Waals surface area contributed by atoms with E-state index in [9.17, 15) is 17.6 Å². The molecule has 1 aromatic rings. The lowest BCUT2D eigenvalue weighted by molar-refractivity contribution is 0.0562. The zero-order chi connectivity index (χ0) is 19.0. The van der Waals surface area contributed by atoms with Gasteiger partial charge >= 0.3 is 6.09 Å². The number of aliphatic imine (C=N–C) groups is 1. The summed E-state index contributed by atoms with van der Waals surface area (Å²) < 4.78 is 43.9. The van der Waals surface area contributed by atoms with Crippen molar-refractivity contribution in [3.05, 3.63) is 29.6 Å². The van der Waals surface area contributed by atoms with Gasteiger partial charge in [0, 0.05) is 11.3 Å². The molecule has 0 aromatic heterocycles. The number of halogens is 1. The number of nitrogens with two attached hydrogens (primary N) is 1. The van der Waals surface area contributed by atoms with E-state index in [1.165, 1.54) is 19.1 Å². The largest absolute Gasteiger partial charge is 0.444 e. The Hall–Kier alpha value is -2.16. The number of ether oxygens (including phenoxy) is 1. The van der Waals surface area contributed by atoms with Crippen LogP contribution in [0.3, 0.4) is 0 Å². The van der Waals surface area contributed by atoms with Crippen molar-refractivity contribution in [2.45, 2.75) is 38.8 Å².